The van der Waals surface area contributed by atoms with E-state index in [1.165, 1.54) is 5.56 Å². The lowest BCUT2D eigenvalue weighted by Gasteiger charge is -2.18. The molecule has 1 aromatic heterocycles. The maximum absolute atomic E-state index is 11.6. The Morgan fingerprint density at radius 3 is 2.90 bits per heavy atom. The molecule has 1 unspecified atom stereocenters. The molecule has 5 nitrogen and oxygen atoms in total. The van der Waals surface area contributed by atoms with Crippen LogP contribution in [0.4, 0.5) is 0 Å². The Bertz CT molecular complexity index is 516. The molecular formula is C16H23N2O3+. The molecule has 0 aromatic carbocycles. The van der Waals surface area contributed by atoms with Crippen molar-refractivity contribution in [3.05, 3.63) is 30.1 Å². The van der Waals surface area contributed by atoms with Gasteiger partial charge in [-0.3, -0.25) is 9.59 Å². The Labute approximate surface area is 125 Å². The van der Waals surface area contributed by atoms with Crippen molar-refractivity contribution >= 4 is 11.9 Å². The van der Waals surface area contributed by atoms with E-state index in [1.807, 2.05) is 24.2 Å². The molecule has 0 spiro atoms. The molecule has 0 aliphatic carbocycles. The molecule has 0 bridgehead atoms. The van der Waals surface area contributed by atoms with Gasteiger partial charge in [-0.1, -0.05) is 0 Å². The molecule has 1 N–H and O–H groups in total. The average molecular weight is 291 g/mol. The zero-order valence-electron chi connectivity index (χ0n) is 12.5. The van der Waals surface area contributed by atoms with Crippen LogP contribution >= 0.6 is 0 Å². The van der Waals surface area contributed by atoms with Crippen LogP contribution in [-0.4, -0.2) is 28.9 Å². The molecule has 1 fully saturated rings. The first-order valence-corrected chi connectivity index (χ1v) is 7.54. The topological polar surface area (TPSA) is 61.5 Å². The van der Waals surface area contributed by atoms with Gasteiger partial charge < -0.3 is 10.0 Å². The summed E-state index contributed by atoms with van der Waals surface area (Å²) in [6, 6.07) is 4.28. The quantitative estimate of drug-likeness (QED) is 0.616. The molecule has 114 valence electrons. The number of likely N-dealkylation sites (tertiary alicyclic amines) is 1. The van der Waals surface area contributed by atoms with Crippen LogP contribution in [0.15, 0.2) is 24.5 Å². The molecule has 21 heavy (non-hydrogen) atoms. The van der Waals surface area contributed by atoms with Crippen LogP contribution in [-0.2, 0) is 16.1 Å². The van der Waals surface area contributed by atoms with Crippen LogP contribution in [0.25, 0.3) is 0 Å². The molecular weight excluding hydrogens is 268 g/mol. The fourth-order valence-corrected chi connectivity index (χ4v) is 2.82. The first kappa shape index (κ1) is 15.5. The SMILES string of the molecule is CN1C(=O)CCC1c1ccc[n+](CCCCCC(=O)O)c1. The number of carbonyl (C=O) groups is 2. The van der Waals surface area contributed by atoms with Crippen molar-refractivity contribution in [2.75, 3.05) is 7.05 Å². The van der Waals surface area contributed by atoms with E-state index >= 15 is 0 Å². The molecule has 2 rings (SSSR count). The highest BCUT2D eigenvalue weighted by Crippen LogP contribution is 2.30. The molecule has 1 saturated heterocycles. The Kier molecular flexibility index (Phi) is 5.31. The standard InChI is InChI=1S/C16H22N2O3/c1-17-14(8-9-15(17)19)13-6-5-11-18(12-13)10-4-2-3-7-16(20)21/h5-6,11-12,14H,2-4,7-10H2,1H3/p+1. The van der Waals surface area contributed by atoms with Crippen molar-refractivity contribution < 1.29 is 19.3 Å². The minimum atomic E-state index is -0.724. The van der Waals surface area contributed by atoms with Crippen LogP contribution in [0.5, 0.6) is 0 Å². The molecule has 1 aliphatic rings. The number of pyridine rings is 1. The first-order chi connectivity index (χ1) is 10.1. The van der Waals surface area contributed by atoms with Crippen LogP contribution < -0.4 is 4.57 Å². The summed E-state index contributed by atoms with van der Waals surface area (Å²) in [7, 11) is 1.86. The van der Waals surface area contributed by atoms with Gasteiger partial charge in [0.15, 0.2) is 12.4 Å². The number of aryl methyl sites for hydroxylation is 1. The summed E-state index contributed by atoms with van der Waals surface area (Å²) in [5.74, 6) is -0.511. The van der Waals surface area contributed by atoms with E-state index in [2.05, 4.69) is 16.8 Å². The third-order valence-electron chi connectivity index (χ3n) is 4.07. The van der Waals surface area contributed by atoms with E-state index < -0.39 is 5.97 Å². The summed E-state index contributed by atoms with van der Waals surface area (Å²) < 4.78 is 2.13. The lowest BCUT2D eigenvalue weighted by Crippen LogP contribution is -2.34. The fraction of sp³-hybridized carbons (Fsp3) is 0.562. The highest BCUT2D eigenvalue weighted by molar-refractivity contribution is 5.78. The molecule has 0 saturated carbocycles. The summed E-state index contributed by atoms with van der Waals surface area (Å²) >= 11 is 0. The largest absolute Gasteiger partial charge is 0.481 e. The Hall–Kier alpha value is -1.91. The van der Waals surface area contributed by atoms with Gasteiger partial charge in [0.25, 0.3) is 0 Å². The summed E-state index contributed by atoms with van der Waals surface area (Å²) in [5.41, 5.74) is 1.18. The minimum absolute atomic E-state index is 0.192. The van der Waals surface area contributed by atoms with Gasteiger partial charge in [0, 0.05) is 37.9 Å². The number of unbranched alkanes of at least 4 members (excludes halogenated alkanes) is 2. The van der Waals surface area contributed by atoms with E-state index in [0.29, 0.717) is 6.42 Å². The van der Waals surface area contributed by atoms with Gasteiger partial charge in [-0.05, 0) is 25.3 Å². The Balaban J connectivity index is 1.86. The summed E-state index contributed by atoms with van der Waals surface area (Å²) in [4.78, 5) is 23.9. The van der Waals surface area contributed by atoms with Crippen LogP contribution in [0.3, 0.4) is 0 Å². The van der Waals surface area contributed by atoms with E-state index in [0.717, 1.165) is 32.2 Å². The third kappa shape index (κ3) is 4.28. The zero-order chi connectivity index (χ0) is 15.2. The predicted molar refractivity (Wildman–Crippen MR) is 77.5 cm³/mol. The second kappa shape index (κ2) is 7.20. The molecule has 1 aromatic rings. The monoisotopic (exact) mass is 291 g/mol. The van der Waals surface area contributed by atoms with Gasteiger partial charge in [-0.25, -0.2) is 4.57 Å². The van der Waals surface area contributed by atoms with Gasteiger partial charge in [0.2, 0.25) is 5.91 Å². The maximum Gasteiger partial charge on any atom is 0.303 e. The van der Waals surface area contributed by atoms with Crippen molar-refractivity contribution in [3.63, 3.8) is 0 Å². The number of carboxylic acid groups (broad SMARTS) is 1. The van der Waals surface area contributed by atoms with Crippen molar-refractivity contribution in [1.29, 1.82) is 0 Å². The predicted octanol–water partition coefficient (Wildman–Crippen LogP) is 1.91. The number of carboxylic acids is 1. The van der Waals surface area contributed by atoms with Crippen molar-refractivity contribution in [2.45, 2.75) is 51.1 Å². The maximum atomic E-state index is 11.6. The number of aliphatic carboxylic acids is 1. The van der Waals surface area contributed by atoms with Gasteiger partial charge >= 0.3 is 5.97 Å². The lowest BCUT2D eigenvalue weighted by atomic mass is 10.1. The van der Waals surface area contributed by atoms with Crippen LogP contribution in [0.2, 0.25) is 0 Å². The number of carbonyl (C=O) groups excluding carboxylic acids is 1. The lowest BCUT2D eigenvalue weighted by molar-refractivity contribution is -0.697. The first-order valence-electron chi connectivity index (χ1n) is 7.54. The normalized spacial score (nSPS) is 18.2. The second-order valence-corrected chi connectivity index (χ2v) is 5.64. The van der Waals surface area contributed by atoms with Crippen molar-refractivity contribution in [3.8, 4) is 0 Å². The average Bonchev–Trinajstić information content (AvgIpc) is 2.79. The fourth-order valence-electron chi connectivity index (χ4n) is 2.82. The van der Waals surface area contributed by atoms with Crippen molar-refractivity contribution in [2.24, 2.45) is 0 Å². The van der Waals surface area contributed by atoms with Gasteiger partial charge in [0.05, 0.1) is 6.04 Å². The highest BCUT2D eigenvalue weighted by Gasteiger charge is 2.30. The highest BCUT2D eigenvalue weighted by atomic mass is 16.4. The second-order valence-electron chi connectivity index (χ2n) is 5.64. The van der Waals surface area contributed by atoms with Gasteiger partial charge in [0.1, 0.15) is 6.54 Å². The molecule has 2 heterocycles. The van der Waals surface area contributed by atoms with Crippen molar-refractivity contribution in [1.82, 2.24) is 4.90 Å². The van der Waals surface area contributed by atoms with E-state index in [1.54, 1.807) is 0 Å². The number of nitrogens with zero attached hydrogens (tertiary/aromatic N) is 2. The van der Waals surface area contributed by atoms with E-state index in [-0.39, 0.29) is 18.4 Å². The third-order valence-corrected chi connectivity index (χ3v) is 4.07. The molecule has 5 heteroatoms. The number of rotatable bonds is 7. The molecule has 0 radical (unpaired) electrons. The van der Waals surface area contributed by atoms with E-state index in [9.17, 15) is 9.59 Å². The molecule has 1 aliphatic heterocycles. The Morgan fingerprint density at radius 1 is 1.43 bits per heavy atom. The minimum Gasteiger partial charge on any atom is -0.481 e. The van der Waals surface area contributed by atoms with E-state index in [4.69, 9.17) is 5.11 Å². The number of amides is 1. The summed E-state index contributed by atoms with van der Waals surface area (Å²) in [6.45, 7) is 0.887. The molecule has 1 amide bonds. The summed E-state index contributed by atoms with van der Waals surface area (Å²) in [6.07, 6.45) is 8.53. The summed E-state index contributed by atoms with van der Waals surface area (Å²) in [5, 5.41) is 8.60. The van der Waals surface area contributed by atoms with Crippen LogP contribution in [0, 0.1) is 0 Å². The Morgan fingerprint density at radius 2 is 2.24 bits per heavy atom. The smallest absolute Gasteiger partial charge is 0.303 e. The number of aromatic nitrogens is 1. The van der Waals surface area contributed by atoms with Gasteiger partial charge in [-0.2, -0.15) is 0 Å². The zero-order valence-corrected chi connectivity index (χ0v) is 12.5. The van der Waals surface area contributed by atoms with Crippen LogP contribution in [0.1, 0.15) is 50.1 Å². The number of hydrogen-bond donors (Lipinski definition) is 1. The number of hydrogen-bond acceptors (Lipinski definition) is 2. The molecule has 1 atom stereocenters. The van der Waals surface area contributed by atoms with Gasteiger partial charge in [-0.15, -0.1) is 0 Å².